The second-order valence-corrected chi connectivity index (χ2v) is 7.98. The highest BCUT2D eigenvalue weighted by molar-refractivity contribution is 7.90. The van der Waals surface area contributed by atoms with Gasteiger partial charge in [-0.3, -0.25) is 10.1 Å². The second kappa shape index (κ2) is 7.33. The van der Waals surface area contributed by atoms with E-state index < -0.39 is 20.4 Å². The molecule has 0 aliphatic heterocycles. The van der Waals surface area contributed by atoms with Crippen molar-refractivity contribution < 1.29 is 17.9 Å². The van der Waals surface area contributed by atoms with Crippen molar-refractivity contribution in [3.05, 3.63) is 63.5 Å². The van der Waals surface area contributed by atoms with Crippen molar-refractivity contribution in [1.82, 2.24) is 10.1 Å². The summed E-state index contributed by atoms with van der Waals surface area (Å²) in [5.74, 6) is 0.484. The molecule has 0 bridgehead atoms. The van der Waals surface area contributed by atoms with E-state index in [0.717, 1.165) is 6.26 Å². The van der Waals surface area contributed by atoms with E-state index in [2.05, 4.69) is 15.5 Å². The fraction of sp³-hybridized carbons (Fsp3) is 0.125. The first-order valence-electron chi connectivity index (χ1n) is 7.55. The van der Waals surface area contributed by atoms with Crippen LogP contribution in [0.3, 0.4) is 0 Å². The molecule has 0 atom stereocenters. The van der Waals surface area contributed by atoms with Crippen LogP contribution in [-0.2, 0) is 16.4 Å². The molecule has 0 aliphatic carbocycles. The van der Waals surface area contributed by atoms with Crippen molar-refractivity contribution in [2.45, 2.75) is 11.4 Å². The number of rotatable bonds is 6. The minimum atomic E-state index is -3.77. The number of halogens is 1. The van der Waals surface area contributed by atoms with Gasteiger partial charge < -0.3 is 9.84 Å². The maximum absolute atomic E-state index is 11.8. The molecule has 0 saturated heterocycles. The first-order valence-corrected chi connectivity index (χ1v) is 9.82. The van der Waals surface area contributed by atoms with E-state index in [1.54, 1.807) is 24.3 Å². The third-order valence-corrected chi connectivity index (χ3v) is 4.93. The first-order chi connectivity index (χ1) is 12.8. The number of benzene rings is 2. The molecular formula is C16H13ClN4O5S. The fourth-order valence-corrected chi connectivity index (χ4v) is 3.45. The molecule has 140 valence electrons. The summed E-state index contributed by atoms with van der Waals surface area (Å²) in [5.41, 5.74) is 0.155. The second-order valence-electron chi connectivity index (χ2n) is 5.56. The van der Waals surface area contributed by atoms with Crippen LogP contribution >= 0.6 is 11.6 Å². The zero-order chi connectivity index (χ0) is 19.6. The predicted octanol–water partition coefficient (Wildman–Crippen LogP) is 3.31. The number of nitrogens with zero attached hydrogens (tertiary/aromatic N) is 3. The number of anilines is 1. The van der Waals surface area contributed by atoms with Crippen LogP contribution in [0.15, 0.2) is 51.9 Å². The minimum Gasteiger partial charge on any atom is -0.371 e. The molecule has 2 aromatic carbocycles. The lowest BCUT2D eigenvalue weighted by Crippen LogP contribution is -2.08. The Morgan fingerprint density at radius 1 is 1.26 bits per heavy atom. The number of nitro groups is 1. The van der Waals surface area contributed by atoms with E-state index in [0.29, 0.717) is 16.4 Å². The topological polar surface area (TPSA) is 128 Å². The molecule has 1 heterocycles. The molecule has 1 N–H and O–H groups in total. The van der Waals surface area contributed by atoms with Crippen LogP contribution in [0, 0.1) is 10.1 Å². The predicted molar refractivity (Wildman–Crippen MR) is 98.3 cm³/mol. The van der Waals surface area contributed by atoms with Gasteiger partial charge in [0.05, 0.1) is 11.5 Å². The highest BCUT2D eigenvalue weighted by Crippen LogP contribution is 2.32. The molecule has 0 radical (unpaired) electrons. The summed E-state index contributed by atoms with van der Waals surface area (Å²) in [5, 5.41) is 18.5. The van der Waals surface area contributed by atoms with Gasteiger partial charge in [0.15, 0.2) is 9.84 Å². The molecule has 1 aromatic heterocycles. The van der Waals surface area contributed by atoms with Crippen LogP contribution in [-0.4, -0.2) is 29.7 Å². The van der Waals surface area contributed by atoms with Crippen molar-refractivity contribution >= 4 is 32.8 Å². The van der Waals surface area contributed by atoms with Gasteiger partial charge >= 0.3 is 5.69 Å². The number of aromatic nitrogens is 2. The maximum Gasteiger partial charge on any atom is 0.310 e. The third-order valence-electron chi connectivity index (χ3n) is 3.56. The van der Waals surface area contributed by atoms with E-state index in [9.17, 15) is 18.5 Å². The van der Waals surface area contributed by atoms with Gasteiger partial charge in [0, 0.05) is 16.8 Å². The van der Waals surface area contributed by atoms with Crippen molar-refractivity contribution in [3.63, 3.8) is 0 Å². The summed E-state index contributed by atoms with van der Waals surface area (Å²) in [6.45, 7) is -0.0262. The molecule has 3 rings (SSSR count). The van der Waals surface area contributed by atoms with E-state index >= 15 is 0 Å². The standard InChI is InChI=1S/C16H13ClN4O5S/c1-27(24,25)13-7-3-6-12(15(13)21(22)23)18-9-14-19-16(20-26-14)10-4-2-5-11(17)8-10/h2-8,18H,9H2,1H3. The summed E-state index contributed by atoms with van der Waals surface area (Å²) in [7, 11) is -3.77. The van der Waals surface area contributed by atoms with Gasteiger partial charge in [0.1, 0.15) is 10.6 Å². The van der Waals surface area contributed by atoms with Gasteiger partial charge in [0.2, 0.25) is 11.7 Å². The SMILES string of the molecule is CS(=O)(=O)c1cccc(NCc2nc(-c3cccc(Cl)c3)no2)c1[N+](=O)[O-]. The zero-order valence-corrected chi connectivity index (χ0v) is 15.5. The zero-order valence-electron chi connectivity index (χ0n) is 13.9. The average molecular weight is 409 g/mol. The van der Waals surface area contributed by atoms with E-state index in [4.69, 9.17) is 16.1 Å². The smallest absolute Gasteiger partial charge is 0.310 e. The summed E-state index contributed by atoms with van der Waals surface area (Å²) >= 11 is 5.93. The molecule has 0 saturated carbocycles. The minimum absolute atomic E-state index is 0.0262. The Morgan fingerprint density at radius 2 is 2.00 bits per heavy atom. The number of sulfone groups is 1. The van der Waals surface area contributed by atoms with E-state index in [1.165, 1.54) is 18.2 Å². The summed E-state index contributed by atoms with van der Waals surface area (Å²) in [4.78, 5) is 14.4. The third kappa shape index (κ3) is 4.23. The Balaban J connectivity index is 1.85. The molecule has 0 aliphatic rings. The van der Waals surface area contributed by atoms with Crippen molar-refractivity contribution in [3.8, 4) is 11.4 Å². The molecule has 0 fully saturated rings. The van der Waals surface area contributed by atoms with Gasteiger partial charge in [0.25, 0.3) is 0 Å². The maximum atomic E-state index is 11.8. The highest BCUT2D eigenvalue weighted by atomic mass is 35.5. The molecule has 11 heteroatoms. The Labute approximate surface area is 159 Å². The molecule has 27 heavy (non-hydrogen) atoms. The van der Waals surface area contributed by atoms with Crippen molar-refractivity contribution in [2.24, 2.45) is 0 Å². The lowest BCUT2D eigenvalue weighted by atomic mass is 10.2. The Hall–Kier alpha value is -2.98. The van der Waals surface area contributed by atoms with Gasteiger partial charge in [-0.2, -0.15) is 4.98 Å². The normalized spacial score (nSPS) is 11.3. The number of hydrogen-bond acceptors (Lipinski definition) is 8. The van der Waals surface area contributed by atoms with Crippen molar-refractivity contribution in [1.29, 1.82) is 0 Å². The van der Waals surface area contributed by atoms with Crippen LogP contribution in [0.1, 0.15) is 5.89 Å². The molecular weight excluding hydrogens is 396 g/mol. The lowest BCUT2D eigenvalue weighted by molar-refractivity contribution is -0.386. The summed E-state index contributed by atoms with van der Waals surface area (Å²) in [6.07, 6.45) is 0.911. The van der Waals surface area contributed by atoms with Crippen molar-refractivity contribution in [2.75, 3.05) is 11.6 Å². The van der Waals surface area contributed by atoms with Gasteiger partial charge in [-0.1, -0.05) is 35.0 Å². The summed E-state index contributed by atoms with van der Waals surface area (Å²) < 4.78 is 28.7. The summed E-state index contributed by atoms with van der Waals surface area (Å²) in [6, 6.07) is 10.9. The monoisotopic (exact) mass is 408 g/mol. The lowest BCUT2D eigenvalue weighted by Gasteiger charge is -2.07. The number of hydrogen-bond donors (Lipinski definition) is 1. The van der Waals surface area contributed by atoms with Crippen LogP contribution in [0.2, 0.25) is 5.02 Å². The van der Waals surface area contributed by atoms with E-state index in [-0.39, 0.29) is 23.0 Å². The Morgan fingerprint density at radius 3 is 2.67 bits per heavy atom. The Bertz CT molecular complexity index is 1110. The Kier molecular flexibility index (Phi) is 5.10. The molecule has 0 unspecified atom stereocenters. The van der Waals surface area contributed by atoms with Gasteiger partial charge in [-0.15, -0.1) is 0 Å². The molecule has 0 amide bonds. The number of nitro benzene ring substituents is 1. The van der Waals surface area contributed by atoms with Crippen LogP contribution < -0.4 is 5.32 Å². The number of nitrogens with one attached hydrogen (secondary N) is 1. The number of para-hydroxylation sites is 1. The van der Waals surface area contributed by atoms with Crippen LogP contribution in [0.5, 0.6) is 0 Å². The molecule has 3 aromatic rings. The highest BCUT2D eigenvalue weighted by Gasteiger charge is 2.26. The van der Waals surface area contributed by atoms with E-state index in [1.807, 2.05) is 0 Å². The first kappa shape index (κ1) is 18.8. The molecule has 0 spiro atoms. The quantitative estimate of drug-likeness (QED) is 0.485. The molecule has 9 nitrogen and oxygen atoms in total. The van der Waals surface area contributed by atoms with Gasteiger partial charge in [-0.05, 0) is 24.3 Å². The average Bonchev–Trinajstić information content (AvgIpc) is 3.07. The van der Waals surface area contributed by atoms with Gasteiger partial charge in [-0.25, -0.2) is 8.42 Å². The largest absolute Gasteiger partial charge is 0.371 e. The fourth-order valence-electron chi connectivity index (χ4n) is 2.39. The van der Waals surface area contributed by atoms with Crippen LogP contribution in [0.4, 0.5) is 11.4 Å². The van der Waals surface area contributed by atoms with Crippen LogP contribution in [0.25, 0.3) is 11.4 Å².